The lowest BCUT2D eigenvalue weighted by molar-refractivity contribution is -0.141. The molecule has 0 aliphatic heterocycles. The largest absolute Gasteiger partial charge is 0.457 e. The van der Waals surface area contributed by atoms with Crippen LogP contribution >= 0.6 is 11.3 Å². The maximum absolute atomic E-state index is 12.6. The molecule has 2 heterocycles. The molecule has 0 aliphatic rings. The molecule has 0 aliphatic carbocycles. The van der Waals surface area contributed by atoms with E-state index < -0.39 is 29.6 Å². The van der Waals surface area contributed by atoms with Gasteiger partial charge in [0, 0.05) is 11.9 Å². The number of hydrogen-bond acceptors (Lipinski definition) is 7. The minimum atomic E-state index is -0.823. The SMILES string of the molecule is Cn1c(=O)c(C(=O)COC(=O)Cc2cccs2)c(N)n(Cc2ccccc2)c1=O. The first-order chi connectivity index (χ1) is 13.9. The molecule has 0 saturated heterocycles. The quantitative estimate of drug-likeness (QED) is 0.460. The number of thiophene rings is 1. The van der Waals surface area contributed by atoms with Crippen LogP contribution in [0, 0.1) is 0 Å². The summed E-state index contributed by atoms with van der Waals surface area (Å²) in [5.74, 6) is -1.60. The molecule has 2 N–H and O–H groups in total. The molecule has 29 heavy (non-hydrogen) atoms. The van der Waals surface area contributed by atoms with Crippen LogP contribution in [0.4, 0.5) is 5.82 Å². The number of anilines is 1. The van der Waals surface area contributed by atoms with Gasteiger partial charge in [0.1, 0.15) is 11.4 Å². The van der Waals surface area contributed by atoms with Gasteiger partial charge >= 0.3 is 11.7 Å². The molecule has 3 aromatic rings. The molecule has 0 radical (unpaired) electrons. The number of esters is 1. The van der Waals surface area contributed by atoms with Crippen LogP contribution < -0.4 is 17.0 Å². The summed E-state index contributed by atoms with van der Waals surface area (Å²) >= 11 is 1.40. The second-order valence-corrected chi connectivity index (χ2v) is 7.35. The highest BCUT2D eigenvalue weighted by atomic mass is 32.1. The van der Waals surface area contributed by atoms with E-state index in [9.17, 15) is 19.2 Å². The molecular weight excluding hydrogens is 394 g/mol. The molecule has 1 aromatic carbocycles. The van der Waals surface area contributed by atoms with Crippen molar-refractivity contribution in [2.75, 3.05) is 12.3 Å². The first kappa shape index (κ1) is 20.3. The number of Topliss-reactive ketones (excluding diaryl/α,β-unsaturated/α-hetero) is 1. The number of nitrogens with zero attached hydrogens (tertiary/aromatic N) is 2. The Morgan fingerprint density at radius 1 is 1.10 bits per heavy atom. The van der Waals surface area contributed by atoms with Gasteiger partial charge in [-0.15, -0.1) is 11.3 Å². The summed E-state index contributed by atoms with van der Waals surface area (Å²) in [7, 11) is 1.27. The third-order valence-corrected chi connectivity index (χ3v) is 5.18. The lowest BCUT2D eigenvalue weighted by atomic mass is 10.2. The molecule has 2 aromatic heterocycles. The first-order valence-corrected chi connectivity index (χ1v) is 9.61. The van der Waals surface area contributed by atoms with Crippen molar-refractivity contribution in [2.24, 2.45) is 7.05 Å². The predicted octanol–water partition coefficient (Wildman–Crippen LogP) is 1.21. The topological polar surface area (TPSA) is 113 Å². The van der Waals surface area contributed by atoms with Gasteiger partial charge < -0.3 is 10.5 Å². The van der Waals surface area contributed by atoms with Crippen LogP contribution in [-0.2, 0) is 29.5 Å². The van der Waals surface area contributed by atoms with Crippen molar-refractivity contribution in [2.45, 2.75) is 13.0 Å². The average molecular weight is 413 g/mol. The van der Waals surface area contributed by atoms with Gasteiger partial charge in [0.2, 0.25) is 5.78 Å². The minimum Gasteiger partial charge on any atom is -0.457 e. The summed E-state index contributed by atoms with van der Waals surface area (Å²) in [6.45, 7) is -0.536. The highest BCUT2D eigenvalue weighted by molar-refractivity contribution is 7.10. The minimum absolute atomic E-state index is 0.0337. The number of carbonyl (C=O) groups is 2. The van der Waals surface area contributed by atoms with Crippen molar-refractivity contribution in [3.05, 3.63) is 84.7 Å². The van der Waals surface area contributed by atoms with Crippen LogP contribution in [0.1, 0.15) is 20.8 Å². The van der Waals surface area contributed by atoms with Gasteiger partial charge in [-0.3, -0.25) is 23.5 Å². The number of carbonyl (C=O) groups excluding carboxylic acids is 2. The second-order valence-electron chi connectivity index (χ2n) is 6.32. The molecule has 3 rings (SSSR count). The Hall–Kier alpha value is -3.46. The van der Waals surface area contributed by atoms with Gasteiger partial charge in [-0.05, 0) is 17.0 Å². The smallest absolute Gasteiger partial charge is 0.332 e. The van der Waals surface area contributed by atoms with E-state index in [1.807, 2.05) is 11.4 Å². The Bertz CT molecular complexity index is 1150. The third kappa shape index (κ3) is 4.52. The first-order valence-electron chi connectivity index (χ1n) is 8.73. The lowest BCUT2D eigenvalue weighted by Gasteiger charge is -2.14. The number of hydrogen-bond donors (Lipinski definition) is 1. The number of ketones is 1. The molecule has 0 amide bonds. The fraction of sp³-hybridized carbons (Fsp3) is 0.200. The number of benzene rings is 1. The molecule has 0 unspecified atom stereocenters. The van der Waals surface area contributed by atoms with E-state index in [1.54, 1.807) is 36.4 Å². The molecule has 0 bridgehead atoms. The normalized spacial score (nSPS) is 10.7. The van der Waals surface area contributed by atoms with Gasteiger partial charge in [0.15, 0.2) is 6.61 Å². The molecule has 0 atom stereocenters. The Morgan fingerprint density at radius 2 is 1.83 bits per heavy atom. The summed E-state index contributed by atoms with van der Waals surface area (Å²) in [4.78, 5) is 50.2. The number of nitrogens with two attached hydrogens (primary N) is 1. The lowest BCUT2D eigenvalue weighted by Crippen LogP contribution is -2.43. The van der Waals surface area contributed by atoms with E-state index in [-0.39, 0.29) is 24.3 Å². The Morgan fingerprint density at radius 3 is 2.48 bits per heavy atom. The van der Waals surface area contributed by atoms with Crippen molar-refractivity contribution in [1.82, 2.24) is 9.13 Å². The molecule has 150 valence electrons. The zero-order valence-corrected chi connectivity index (χ0v) is 16.5. The Balaban J connectivity index is 1.84. The molecule has 0 saturated carbocycles. The monoisotopic (exact) mass is 413 g/mol. The number of nitrogen functional groups attached to an aromatic ring is 1. The summed E-state index contributed by atoms with van der Waals surface area (Å²) in [6, 6.07) is 12.6. The third-order valence-electron chi connectivity index (χ3n) is 4.31. The zero-order valence-electron chi connectivity index (χ0n) is 15.7. The van der Waals surface area contributed by atoms with E-state index in [1.165, 1.54) is 18.4 Å². The van der Waals surface area contributed by atoms with Crippen LogP contribution in [0.25, 0.3) is 0 Å². The second kappa shape index (κ2) is 8.70. The summed E-state index contributed by atoms with van der Waals surface area (Å²) in [5, 5.41) is 1.83. The van der Waals surface area contributed by atoms with Crippen LogP contribution in [-0.4, -0.2) is 27.5 Å². The van der Waals surface area contributed by atoms with Gasteiger partial charge in [-0.2, -0.15) is 0 Å². The van der Waals surface area contributed by atoms with Gasteiger partial charge in [-0.1, -0.05) is 36.4 Å². The van der Waals surface area contributed by atoms with E-state index in [2.05, 4.69) is 0 Å². The maximum atomic E-state index is 12.6. The van der Waals surface area contributed by atoms with Crippen LogP contribution in [0.5, 0.6) is 0 Å². The van der Waals surface area contributed by atoms with Crippen molar-refractivity contribution >= 4 is 28.9 Å². The van der Waals surface area contributed by atoms with E-state index in [0.29, 0.717) is 0 Å². The van der Waals surface area contributed by atoms with Crippen molar-refractivity contribution in [3.63, 3.8) is 0 Å². The van der Waals surface area contributed by atoms with E-state index in [0.717, 1.165) is 19.6 Å². The molecular formula is C20H19N3O5S. The van der Waals surface area contributed by atoms with Crippen LogP contribution in [0.3, 0.4) is 0 Å². The van der Waals surface area contributed by atoms with Crippen molar-refractivity contribution in [1.29, 1.82) is 0 Å². The van der Waals surface area contributed by atoms with Gasteiger partial charge in [-0.25, -0.2) is 4.79 Å². The number of aromatic nitrogens is 2. The average Bonchev–Trinajstić information content (AvgIpc) is 3.22. The summed E-state index contributed by atoms with van der Waals surface area (Å²) in [6.07, 6.45) is 0.0337. The maximum Gasteiger partial charge on any atom is 0.332 e. The Labute approximate surface area is 169 Å². The number of rotatable bonds is 7. The number of ether oxygens (including phenoxy) is 1. The van der Waals surface area contributed by atoms with E-state index in [4.69, 9.17) is 10.5 Å². The molecule has 9 heteroatoms. The standard InChI is InChI=1S/C20H19N3O5S/c1-22-19(26)17(15(24)12-28-16(25)10-14-8-5-9-29-14)18(21)23(20(22)27)11-13-6-3-2-4-7-13/h2-9H,10-12,21H2,1H3. The van der Waals surface area contributed by atoms with Crippen molar-refractivity contribution < 1.29 is 14.3 Å². The highest BCUT2D eigenvalue weighted by Crippen LogP contribution is 2.11. The summed E-state index contributed by atoms with van der Waals surface area (Å²) in [5.41, 5.74) is 4.96. The fourth-order valence-corrected chi connectivity index (χ4v) is 3.48. The molecule has 8 nitrogen and oxygen atoms in total. The van der Waals surface area contributed by atoms with Gasteiger partial charge in [0.05, 0.1) is 13.0 Å². The fourth-order valence-electron chi connectivity index (χ4n) is 2.79. The van der Waals surface area contributed by atoms with Crippen LogP contribution in [0.2, 0.25) is 0 Å². The molecule has 0 spiro atoms. The van der Waals surface area contributed by atoms with Gasteiger partial charge in [0.25, 0.3) is 5.56 Å². The van der Waals surface area contributed by atoms with E-state index >= 15 is 0 Å². The summed E-state index contributed by atoms with van der Waals surface area (Å²) < 4.78 is 6.97. The van der Waals surface area contributed by atoms with Crippen LogP contribution in [0.15, 0.2) is 57.4 Å². The Kier molecular flexibility index (Phi) is 6.08. The molecule has 0 fully saturated rings. The highest BCUT2D eigenvalue weighted by Gasteiger charge is 2.22. The zero-order chi connectivity index (χ0) is 21.0. The van der Waals surface area contributed by atoms with Crippen molar-refractivity contribution in [3.8, 4) is 0 Å². The predicted molar refractivity (Wildman–Crippen MR) is 109 cm³/mol.